The Balaban J connectivity index is 0. The summed E-state index contributed by atoms with van der Waals surface area (Å²) in [6, 6.07) is 0. The first-order chi connectivity index (χ1) is 6.37. The van der Waals surface area contributed by atoms with Crippen LogP contribution in [0.4, 0.5) is 0 Å². The standard InChI is InChI=1S/C5H9NO2.CH4O4S/c1-2-5(7)8-4-3-6;1-5-6(2,3)4/h2H,1,3-4,6H2;1H3,(H,2,3,4). The Kier molecular flexibility index (Phi) is 9.56. The van der Waals surface area contributed by atoms with Gasteiger partial charge in [-0.1, -0.05) is 6.58 Å². The molecule has 0 aromatic heterocycles. The van der Waals surface area contributed by atoms with Crippen molar-refractivity contribution >= 4 is 16.4 Å². The van der Waals surface area contributed by atoms with Crippen LogP contribution in [0.2, 0.25) is 0 Å². The Morgan fingerprint density at radius 1 is 1.64 bits per heavy atom. The van der Waals surface area contributed by atoms with Crippen LogP contribution in [0.3, 0.4) is 0 Å². The van der Waals surface area contributed by atoms with E-state index in [0.717, 1.165) is 13.2 Å². The van der Waals surface area contributed by atoms with Gasteiger partial charge in [-0.3, -0.25) is 8.74 Å². The van der Waals surface area contributed by atoms with Gasteiger partial charge in [0, 0.05) is 12.6 Å². The van der Waals surface area contributed by atoms with Crippen molar-refractivity contribution < 1.29 is 26.7 Å². The molecule has 0 unspecified atom stereocenters. The van der Waals surface area contributed by atoms with Gasteiger partial charge >= 0.3 is 16.4 Å². The molecule has 0 fully saturated rings. The van der Waals surface area contributed by atoms with E-state index in [1.165, 1.54) is 0 Å². The maximum atomic E-state index is 10.2. The van der Waals surface area contributed by atoms with Crippen molar-refractivity contribution in [2.24, 2.45) is 5.73 Å². The summed E-state index contributed by atoms with van der Waals surface area (Å²) in [6.07, 6.45) is 1.11. The molecule has 3 N–H and O–H groups in total. The molecule has 0 amide bonds. The molecule has 0 heterocycles. The zero-order chi connectivity index (χ0) is 11.6. The predicted molar refractivity (Wildman–Crippen MR) is 48.8 cm³/mol. The van der Waals surface area contributed by atoms with E-state index in [1.807, 2.05) is 0 Å². The minimum Gasteiger partial charge on any atom is -0.461 e. The monoisotopic (exact) mass is 227 g/mol. The smallest absolute Gasteiger partial charge is 0.397 e. The fourth-order valence-electron chi connectivity index (χ4n) is 0.218. The molecule has 14 heavy (non-hydrogen) atoms. The SMILES string of the molecule is C=CC(=O)OCCN.COS(=O)(=O)O. The highest BCUT2D eigenvalue weighted by atomic mass is 32.3. The second-order valence-electron chi connectivity index (χ2n) is 1.75. The predicted octanol–water partition coefficient (Wildman–Crippen LogP) is -0.890. The Labute approximate surface area is 82.4 Å². The zero-order valence-electron chi connectivity index (χ0n) is 7.67. The molecule has 0 saturated heterocycles. The molecule has 0 saturated carbocycles. The molecule has 8 heteroatoms. The molecule has 0 radical (unpaired) electrons. The van der Waals surface area contributed by atoms with Crippen molar-refractivity contribution in [2.45, 2.75) is 0 Å². The third kappa shape index (κ3) is 17.2. The summed E-state index contributed by atoms with van der Waals surface area (Å²) in [6.45, 7) is 3.83. The quantitative estimate of drug-likeness (QED) is 0.363. The molecule has 0 aliphatic carbocycles. The molecule has 0 rings (SSSR count). The first-order valence-corrected chi connectivity index (χ1v) is 4.76. The van der Waals surface area contributed by atoms with Gasteiger partial charge in [-0.25, -0.2) is 4.79 Å². The van der Waals surface area contributed by atoms with E-state index in [-0.39, 0.29) is 6.61 Å². The van der Waals surface area contributed by atoms with Gasteiger partial charge in [-0.15, -0.1) is 0 Å². The third-order valence-electron chi connectivity index (χ3n) is 0.739. The van der Waals surface area contributed by atoms with Crippen LogP contribution >= 0.6 is 0 Å². The van der Waals surface area contributed by atoms with Crippen molar-refractivity contribution in [3.8, 4) is 0 Å². The van der Waals surface area contributed by atoms with Gasteiger partial charge in [0.2, 0.25) is 0 Å². The van der Waals surface area contributed by atoms with Crippen molar-refractivity contribution in [3.05, 3.63) is 12.7 Å². The first-order valence-electron chi connectivity index (χ1n) is 3.39. The summed E-state index contributed by atoms with van der Waals surface area (Å²) in [7, 11) is -3.29. The minimum absolute atomic E-state index is 0.269. The van der Waals surface area contributed by atoms with Crippen LogP contribution in [-0.2, 0) is 24.1 Å². The lowest BCUT2D eigenvalue weighted by Crippen LogP contribution is -2.11. The van der Waals surface area contributed by atoms with Crippen LogP contribution in [0.5, 0.6) is 0 Å². The van der Waals surface area contributed by atoms with Crippen LogP contribution in [0.25, 0.3) is 0 Å². The Hall–Kier alpha value is -0.960. The first kappa shape index (κ1) is 15.5. The summed E-state index contributed by atoms with van der Waals surface area (Å²) in [5.74, 6) is -0.421. The number of hydrogen-bond donors (Lipinski definition) is 2. The molecular weight excluding hydrogens is 214 g/mol. The normalized spacial score (nSPS) is 9.64. The summed E-state index contributed by atoms with van der Waals surface area (Å²) in [4.78, 5) is 10.2. The lowest BCUT2D eigenvalue weighted by Gasteiger charge is -1.94. The van der Waals surface area contributed by atoms with Gasteiger partial charge in [0.25, 0.3) is 0 Å². The number of esters is 1. The highest BCUT2D eigenvalue weighted by Crippen LogP contribution is 1.75. The summed E-state index contributed by atoms with van der Waals surface area (Å²) < 4.78 is 34.2. The number of carbonyl (C=O) groups is 1. The molecule has 0 aliphatic rings. The number of rotatable bonds is 4. The van der Waals surface area contributed by atoms with E-state index in [0.29, 0.717) is 6.54 Å². The highest BCUT2D eigenvalue weighted by molar-refractivity contribution is 7.80. The van der Waals surface area contributed by atoms with E-state index in [1.54, 1.807) is 0 Å². The van der Waals surface area contributed by atoms with Gasteiger partial charge in [-0.05, 0) is 0 Å². The molecular formula is C6H13NO6S. The zero-order valence-corrected chi connectivity index (χ0v) is 8.49. The molecule has 0 atom stereocenters. The molecule has 0 aliphatic heterocycles. The Morgan fingerprint density at radius 3 is 2.29 bits per heavy atom. The van der Waals surface area contributed by atoms with E-state index >= 15 is 0 Å². The number of hydrogen-bond acceptors (Lipinski definition) is 6. The van der Waals surface area contributed by atoms with Gasteiger partial charge < -0.3 is 10.5 Å². The fourth-order valence-corrected chi connectivity index (χ4v) is 0.218. The van der Waals surface area contributed by atoms with Gasteiger partial charge in [0.05, 0.1) is 7.11 Å². The van der Waals surface area contributed by atoms with E-state index in [4.69, 9.17) is 10.3 Å². The van der Waals surface area contributed by atoms with E-state index < -0.39 is 16.4 Å². The third-order valence-corrected chi connectivity index (χ3v) is 1.16. The molecule has 84 valence electrons. The highest BCUT2D eigenvalue weighted by Gasteiger charge is 1.94. The van der Waals surface area contributed by atoms with Gasteiger partial charge in [0.15, 0.2) is 0 Å². The number of ether oxygens (including phenoxy) is 1. The van der Waals surface area contributed by atoms with Gasteiger partial charge in [-0.2, -0.15) is 8.42 Å². The van der Waals surface area contributed by atoms with Crippen molar-refractivity contribution in [1.29, 1.82) is 0 Å². The number of carbonyl (C=O) groups excluding carboxylic acids is 1. The molecule has 0 aromatic carbocycles. The molecule has 0 aromatic rings. The average Bonchev–Trinajstić information content (AvgIpc) is 2.14. The molecule has 7 nitrogen and oxygen atoms in total. The minimum atomic E-state index is -4.16. The summed E-state index contributed by atoms with van der Waals surface area (Å²) in [5, 5.41) is 0. The summed E-state index contributed by atoms with van der Waals surface area (Å²) in [5.41, 5.74) is 5.02. The van der Waals surface area contributed by atoms with E-state index in [9.17, 15) is 13.2 Å². The molecule has 0 bridgehead atoms. The van der Waals surface area contributed by atoms with Crippen LogP contribution in [-0.4, -0.2) is 39.2 Å². The Morgan fingerprint density at radius 2 is 2.07 bits per heavy atom. The lowest BCUT2D eigenvalue weighted by molar-refractivity contribution is -0.137. The topological polar surface area (TPSA) is 116 Å². The van der Waals surface area contributed by atoms with Crippen molar-refractivity contribution in [2.75, 3.05) is 20.3 Å². The largest absolute Gasteiger partial charge is 0.461 e. The van der Waals surface area contributed by atoms with Crippen molar-refractivity contribution in [1.82, 2.24) is 0 Å². The summed E-state index contributed by atoms with van der Waals surface area (Å²) >= 11 is 0. The fraction of sp³-hybridized carbons (Fsp3) is 0.500. The van der Waals surface area contributed by atoms with Crippen molar-refractivity contribution in [3.63, 3.8) is 0 Å². The van der Waals surface area contributed by atoms with Crippen LogP contribution in [0, 0.1) is 0 Å². The second kappa shape index (κ2) is 8.63. The van der Waals surface area contributed by atoms with E-state index in [2.05, 4.69) is 15.5 Å². The number of nitrogens with two attached hydrogens (primary N) is 1. The maximum Gasteiger partial charge on any atom is 0.397 e. The van der Waals surface area contributed by atoms with Crippen LogP contribution in [0.1, 0.15) is 0 Å². The lowest BCUT2D eigenvalue weighted by atomic mass is 10.6. The second-order valence-corrected chi connectivity index (χ2v) is 2.94. The van der Waals surface area contributed by atoms with Crippen LogP contribution < -0.4 is 5.73 Å². The average molecular weight is 227 g/mol. The maximum absolute atomic E-state index is 10.2. The Bertz CT molecular complexity index is 259. The van der Waals surface area contributed by atoms with Gasteiger partial charge in [0.1, 0.15) is 6.61 Å². The molecule has 0 spiro atoms. The van der Waals surface area contributed by atoms with Crippen LogP contribution in [0.15, 0.2) is 12.7 Å².